The topological polar surface area (TPSA) is 39.2 Å². The van der Waals surface area contributed by atoms with E-state index in [1.54, 1.807) is 12.1 Å². The first kappa shape index (κ1) is 12.5. The molecule has 0 unspecified atom stereocenters. The monoisotopic (exact) mass is 331 g/mol. The van der Waals surface area contributed by atoms with Gasteiger partial charge >= 0.3 is 5.97 Å². The number of carbonyl (C=O) groups excluding carboxylic acids is 1. The highest BCUT2D eigenvalue weighted by molar-refractivity contribution is 9.10. The van der Waals surface area contributed by atoms with Gasteiger partial charge in [-0.3, -0.25) is 0 Å². The van der Waals surface area contributed by atoms with Gasteiger partial charge in [0.05, 0.1) is 13.3 Å². The second kappa shape index (κ2) is 5.16. The van der Waals surface area contributed by atoms with E-state index in [9.17, 15) is 4.79 Å². The molecule has 2 aromatic rings. The van der Waals surface area contributed by atoms with E-state index in [1.807, 2.05) is 6.07 Å². The summed E-state index contributed by atoms with van der Waals surface area (Å²) < 4.78 is 5.52. The Hall–Kier alpha value is -0.910. The fourth-order valence-electron chi connectivity index (χ4n) is 1.25. The molecule has 0 bridgehead atoms. The van der Waals surface area contributed by atoms with Crippen LogP contribution >= 0.6 is 38.9 Å². The molecule has 0 atom stereocenters. The van der Waals surface area contributed by atoms with E-state index < -0.39 is 0 Å². The van der Waals surface area contributed by atoms with Crippen LogP contribution in [0.3, 0.4) is 0 Å². The second-order valence-electron chi connectivity index (χ2n) is 3.15. The smallest absolute Gasteiger partial charge is 0.349 e. The largest absolute Gasteiger partial charge is 0.465 e. The minimum Gasteiger partial charge on any atom is -0.465 e. The predicted molar refractivity (Wildman–Crippen MR) is 71.6 cm³/mol. The molecular formula is C11H7BrClNO2S. The highest BCUT2D eigenvalue weighted by Crippen LogP contribution is 2.33. The van der Waals surface area contributed by atoms with Crippen molar-refractivity contribution in [1.82, 2.24) is 4.98 Å². The molecule has 6 heteroatoms. The zero-order chi connectivity index (χ0) is 12.4. The summed E-state index contributed by atoms with van der Waals surface area (Å²) in [7, 11) is 1.34. The lowest BCUT2D eigenvalue weighted by atomic mass is 10.2. The standard InChI is InChI=1S/C11H7BrClNO2S/c1-16-11(15)9-5-14-10(17-9)7-4-6(13)2-3-8(7)12/h2-5H,1H3. The Bertz CT molecular complexity index is 570. The Morgan fingerprint density at radius 3 is 3.00 bits per heavy atom. The van der Waals surface area contributed by atoms with Gasteiger partial charge in [-0.25, -0.2) is 9.78 Å². The maximum absolute atomic E-state index is 11.3. The summed E-state index contributed by atoms with van der Waals surface area (Å²) in [6.07, 6.45) is 1.50. The summed E-state index contributed by atoms with van der Waals surface area (Å²) in [6.45, 7) is 0. The van der Waals surface area contributed by atoms with Crippen LogP contribution in [0.2, 0.25) is 5.02 Å². The van der Waals surface area contributed by atoms with Crippen molar-refractivity contribution in [2.45, 2.75) is 0 Å². The van der Waals surface area contributed by atoms with Gasteiger partial charge in [-0.05, 0) is 18.2 Å². The lowest BCUT2D eigenvalue weighted by Gasteiger charge is -2.00. The van der Waals surface area contributed by atoms with Gasteiger partial charge in [-0.15, -0.1) is 11.3 Å². The number of esters is 1. The molecule has 3 nitrogen and oxygen atoms in total. The summed E-state index contributed by atoms with van der Waals surface area (Å²) in [5.74, 6) is -0.382. The molecule has 0 fully saturated rings. The molecule has 0 amide bonds. The third-order valence-corrected chi connectivity index (χ3v) is 3.99. The van der Waals surface area contributed by atoms with Crippen LogP contribution in [0.15, 0.2) is 28.9 Å². The summed E-state index contributed by atoms with van der Waals surface area (Å²) in [6, 6.07) is 5.42. The van der Waals surface area contributed by atoms with Crippen LogP contribution in [0, 0.1) is 0 Å². The molecule has 0 saturated heterocycles. The lowest BCUT2D eigenvalue weighted by molar-refractivity contribution is 0.0606. The summed E-state index contributed by atoms with van der Waals surface area (Å²) in [5, 5.41) is 1.35. The maximum atomic E-state index is 11.3. The molecule has 0 N–H and O–H groups in total. The lowest BCUT2D eigenvalue weighted by Crippen LogP contribution is -1.96. The van der Waals surface area contributed by atoms with Gasteiger partial charge in [0.2, 0.25) is 0 Å². The molecule has 2 rings (SSSR count). The minimum atomic E-state index is -0.382. The van der Waals surface area contributed by atoms with E-state index >= 15 is 0 Å². The number of hydrogen-bond donors (Lipinski definition) is 0. The Balaban J connectivity index is 2.43. The van der Waals surface area contributed by atoms with Crippen molar-refractivity contribution < 1.29 is 9.53 Å². The van der Waals surface area contributed by atoms with Crippen LogP contribution in [0.5, 0.6) is 0 Å². The number of halogens is 2. The number of ether oxygens (including phenoxy) is 1. The van der Waals surface area contributed by atoms with Crippen molar-refractivity contribution in [3.63, 3.8) is 0 Å². The third kappa shape index (κ3) is 2.68. The molecule has 0 aliphatic carbocycles. The van der Waals surface area contributed by atoms with Crippen LogP contribution in [-0.2, 0) is 4.74 Å². The van der Waals surface area contributed by atoms with Gasteiger partial charge in [0.1, 0.15) is 9.88 Å². The minimum absolute atomic E-state index is 0.382. The van der Waals surface area contributed by atoms with Gasteiger partial charge in [-0.2, -0.15) is 0 Å². The van der Waals surface area contributed by atoms with Crippen molar-refractivity contribution in [3.8, 4) is 10.6 Å². The normalized spacial score (nSPS) is 10.3. The molecule has 17 heavy (non-hydrogen) atoms. The first-order chi connectivity index (χ1) is 8.11. The predicted octanol–water partition coefficient (Wildman–Crippen LogP) is 4.01. The van der Waals surface area contributed by atoms with E-state index in [1.165, 1.54) is 24.6 Å². The summed E-state index contributed by atoms with van der Waals surface area (Å²) in [4.78, 5) is 16.0. The fraction of sp³-hybridized carbons (Fsp3) is 0.0909. The molecule has 0 spiro atoms. The maximum Gasteiger partial charge on any atom is 0.349 e. The van der Waals surface area contributed by atoms with Gasteiger partial charge in [0, 0.05) is 15.1 Å². The molecular weight excluding hydrogens is 326 g/mol. The number of rotatable bonds is 2. The molecule has 0 aliphatic rings. The molecule has 1 aromatic carbocycles. The summed E-state index contributed by atoms with van der Waals surface area (Å²) in [5.41, 5.74) is 0.859. The van der Waals surface area contributed by atoms with Crippen LogP contribution in [-0.4, -0.2) is 18.1 Å². The average molecular weight is 333 g/mol. The zero-order valence-corrected chi connectivity index (χ0v) is 11.9. The average Bonchev–Trinajstić information content (AvgIpc) is 2.80. The van der Waals surface area contributed by atoms with Gasteiger partial charge in [0.15, 0.2) is 0 Å². The van der Waals surface area contributed by atoms with Crippen LogP contribution < -0.4 is 0 Å². The summed E-state index contributed by atoms with van der Waals surface area (Å²) >= 11 is 10.6. The number of benzene rings is 1. The highest BCUT2D eigenvalue weighted by atomic mass is 79.9. The Kier molecular flexibility index (Phi) is 3.81. The van der Waals surface area contributed by atoms with E-state index in [2.05, 4.69) is 25.7 Å². The van der Waals surface area contributed by atoms with Crippen LogP contribution in [0.1, 0.15) is 9.67 Å². The van der Waals surface area contributed by atoms with Crippen LogP contribution in [0.4, 0.5) is 0 Å². The van der Waals surface area contributed by atoms with E-state index in [-0.39, 0.29) is 5.97 Å². The van der Waals surface area contributed by atoms with Gasteiger partial charge < -0.3 is 4.74 Å². The quantitative estimate of drug-likeness (QED) is 0.780. The number of carbonyl (C=O) groups is 1. The highest BCUT2D eigenvalue weighted by Gasteiger charge is 2.13. The molecule has 1 aromatic heterocycles. The zero-order valence-electron chi connectivity index (χ0n) is 8.74. The third-order valence-electron chi connectivity index (χ3n) is 2.05. The molecule has 88 valence electrons. The van der Waals surface area contributed by atoms with E-state index in [0.717, 1.165) is 15.0 Å². The number of thiazole rings is 1. The first-order valence-electron chi connectivity index (χ1n) is 4.61. The van der Waals surface area contributed by atoms with E-state index in [4.69, 9.17) is 11.6 Å². The van der Waals surface area contributed by atoms with Crippen molar-refractivity contribution in [3.05, 3.63) is 38.8 Å². The van der Waals surface area contributed by atoms with Crippen molar-refractivity contribution in [2.75, 3.05) is 7.11 Å². The fourth-order valence-corrected chi connectivity index (χ4v) is 2.86. The Labute approximate surface area is 116 Å². The number of hydrogen-bond acceptors (Lipinski definition) is 4. The van der Waals surface area contributed by atoms with Crippen molar-refractivity contribution in [2.24, 2.45) is 0 Å². The number of aromatic nitrogens is 1. The first-order valence-corrected chi connectivity index (χ1v) is 6.60. The number of methoxy groups -OCH3 is 1. The molecule has 1 heterocycles. The Morgan fingerprint density at radius 1 is 1.53 bits per heavy atom. The molecule has 0 aliphatic heterocycles. The molecule has 0 saturated carbocycles. The SMILES string of the molecule is COC(=O)c1cnc(-c2cc(Cl)ccc2Br)s1. The van der Waals surface area contributed by atoms with Crippen LogP contribution in [0.25, 0.3) is 10.6 Å². The Morgan fingerprint density at radius 2 is 2.29 bits per heavy atom. The molecule has 0 radical (unpaired) electrons. The van der Waals surface area contributed by atoms with E-state index in [0.29, 0.717) is 9.90 Å². The second-order valence-corrected chi connectivity index (χ2v) is 5.47. The van der Waals surface area contributed by atoms with Crippen molar-refractivity contribution in [1.29, 1.82) is 0 Å². The number of nitrogens with zero attached hydrogens (tertiary/aromatic N) is 1. The van der Waals surface area contributed by atoms with Gasteiger partial charge in [0.25, 0.3) is 0 Å². The van der Waals surface area contributed by atoms with Gasteiger partial charge in [-0.1, -0.05) is 27.5 Å². The van der Waals surface area contributed by atoms with Crippen molar-refractivity contribution >= 4 is 44.8 Å².